The maximum Gasteiger partial charge on any atom is 0.416 e. The molecule has 2 aromatic rings. The van der Waals surface area contributed by atoms with Gasteiger partial charge in [0, 0.05) is 37.7 Å². The number of ether oxygens (including phenoxy) is 2. The van der Waals surface area contributed by atoms with Crippen LogP contribution in [0, 0.1) is 0 Å². The van der Waals surface area contributed by atoms with E-state index in [0.717, 1.165) is 23.3 Å². The molecule has 1 saturated heterocycles. The molecule has 4 aliphatic rings. The number of hydrogen-bond donors (Lipinski definition) is 1. The Balaban J connectivity index is 1.39. The molecular formula is C33H35F3N2O5. The molecular weight excluding hydrogens is 561 g/mol. The van der Waals surface area contributed by atoms with Crippen molar-refractivity contribution in [3.05, 3.63) is 77.4 Å². The zero-order chi connectivity index (χ0) is 30.7. The minimum absolute atomic E-state index is 0.184. The van der Waals surface area contributed by atoms with E-state index in [1.807, 2.05) is 19.1 Å². The molecule has 6 rings (SSSR count). The minimum Gasteiger partial charge on any atom is -0.483 e. The number of carbonyl (C=O) groups excluding carboxylic acids is 2. The van der Waals surface area contributed by atoms with E-state index in [0.29, 0.717) is 56.8 Å². The Morgan fingerprint density at radius 1 is 1.26 bits per heavy atom. The van der Waals surface area contributed by atoms with Gasteiger partial charge in [0.25, 0.3) is 0 Å². The van der Waals surface area contributed by atoms with Gasteiger partial charge in [-0.25, -0.2) is 0 Å². The van der Waals surface area contributed by atoms with Crippen LogP contribution in [-0.2, 0) is 27.6 Å². The highest BCUT2D eigenvalue weighted by Crippen LogP contribution is 2.66. The Labute approximate surface area is 248 Å². The number of nitrogens with zero attached hydrogens (tertiary/aromatic N) is 2. The van der Waals surface area contributed by atoms with Crippen molar-refractivity contribution in [2.24, 2.45) is 0 Å². The molecule has 43 heavy (non-hydrogen) atoms. The maximum absolute atomic E-state index is 13.7. The number of aliphatic hydroxyl groups is 1. The highest BCUT2D eigenvalue weighted by Gasteiger charge is 2.73. The Kier molecular flexibility index (Phi) is 7.20. The normalized spacial score (nSPS) is 29.1. The van der Waals surface area contributed by atoms with E-state index in [2.05, 4.69) is 11.5 Å². The molecule has 2 bridgehead atoms. The molecule has 0 aromatic heterocycles. The second-order valence-electron chi connectivity index (χ2n) is 11.9. The molecule has 1 spiro atoms. The van der Waals surface area contributed by atoms with Crippen LogP contribution in [0.1, 0.15) is 55.4 Å². The first kappa shape index (κ1) is 29.4. The molecule has 228 valence electrons. The molecule has 2 aliphatic heterocycles. The lowest BCUT2D eigenvalue weighted by atomic mass is 9.48. The molecule has 2 fully saturated rings. The van der Waals surface area contributed by atoms with Gasteiger partial charge < -0.3 is 19.5 Å². The second kappa shape index (κ2) is 10.5. The van der Waals surface area contributed by atoms with Crippen molar-refractivity contribution in [1.82, 2.24) is 9.80 Å². The van der Waals surface area contributed by atoms with E-state index in [-0.39, 0.29) is 17.5 Å². The molecule has 2 unspecified atom stereocenters. The van der Waals surface area contributed by atoms with Crippen molar-refractivity contribution < 1.29 is 37.3 Å². The highest BCUT2D eigenvalue weighted by atomic mass is 19.4. The zero-order valence-corrected chi connectivity index (χ0v) is 24.2. The van der Waals surface area contributed by atoms with Crippen LogP contribution in [0.25, 0.3) is 6.08 Å². The largest absolute Gasteiger partial charge is 0.483 e. The molecule has 2 heterocycles. The zero-order valence-electron chi connectivity index (χ0n) is 24.2. The average Bonchev–Trinajstić information content (AvgIpc) is 3.31. The van der Waals surface area contributed by atoms with E-state index in [1.165, 1.54) is 31.2 Å². The van der Waals surface area contributed by atoms with Gasteiger partial charge in [0.1, 0.15) is 6.10 Å². The number of likely N-dealkylation sites (N-methyl/N-ethyl adjacent to an activating group) is 1. The number of benzene rings is 2. The summed E-state index contributed by atoms with van der Waals surface area (Å²) in [4.78, 5) is 29.6. The monoisotopic (exact) mass is 596 g/mol. The lowest BCUT2D eigenvalue weighted by Crippen LogP contribution is -2.78. The van der Waals surface area contributed by atoms with E-state index < -0.39 is 40.9 Å². The minimum atomic E-state index is -4.49. The highest BCUT2D eigenvalue weighted by molar-refractivity contribution is 5.92. The summed E-state index contributed by atoms with van der Waals surface area (Å²) >= 11 is 0. The SMILES string of the molecule is C=CCN1CC[C@]23c4c5ccc(OC(C)=O)c4OC2C(N(CC)C(=O)/C=C/c2cccc(C(F)(F)F)c2)CC[C@@]3(O)[C@H]1C5. The molecule has 5 atom stereocenters. The molecule has 1 N–H and O–H groups in total. The van der Waals surface area contributed by atoms with E-state index in [1.54, 1.807) is 11.0 Å². The van der Waals surface area contributed by atoms with Gasteiger partial charge >= 0.3 is 12.1 Å². The average molecular weight is 597 g/mol. The van der Waals surface area contributed by atoms with Gasteiger partial charge in [0.15, 0.2) is 11.5 Å². The van der Waals surface area contributed by atoms with E-state index in [4.69, 9.17) is 9.47 Å². The summed E-state index contributed by atoms with van der Waals surface area (Å²) in [6.45, 7) is 8.74. The fourth-order valence-electron chi connectivity index (χ4n) is 8.17. The van der Waals surface area contributed by atoms with Crippen molar-refractivity contribution in [1.29, 1.82) is 0 Å². The lowest BCUT2D eigenvalue weighted by Gasteiger charge is -2.64. The number of carbonyl (C=O) groups is 2. The number of alkyl halides is 3. The number of esters is 1. The summed E-state index contributed by atoms with van der Waals surface area (Å²) in [6.07, 6.45) is 1.49. The lowest BCUT2D eigenvalue weighted by molar-refractivity contribution is -0.199. The van der Waals surface area contributed by atoms with E-state index >= 15 is 0 Å². The van der Waals surface area contributed by atoms with Gasteiger partial charge in [-0.05, 0) is 74.6 Å². The van der Waals surface area contributed by atoms with Crippen LogP contribution in [0.4, 0.5) is 13.2 Å². The van der Waals surface area contributed by atoms with Gasteiger partial charge in [-0.2, -0.15) is 13.2 Å². The van der Waals surface area contributed by atoms with Gasteiger partial charge in [-0.1, -0.05) is 24.3 Å². The number of hydrogen-bond acceptors (Lipinski definition) is 6. The summed E-state index contributed by atoms with van der Waals surface area (Å²) in [5.74, 6) is -0.106. The molecule has 10 heteroatoms. The molecule has 2 aromatic carbocycles. The summed E-state index contributed by atoms with van der Waals surface area (Å²) < 4.78 is 51.9. The summed E-state index contributed by atoms with van der Waals surface area (Å²) in [5, 5.41) is 12.7. The Morgan fingerprint density at radius 2 is 2.05 bits per heavy atom. The summed E-state index contributed by atoms with van der Waals surface area (Å²) in [6, 6.07) is 7.89. The third-order valence-corrected chi connectivity index (χ3v) is 9.80. The molecule has 2 aliphatic carbocycles. The van der Waals surface area contributed by atoms with Crippen LogP contribution in [0.15, 0.2) is 55.1 Å². The summed E-state index contributed by atoms with van der Waals surface area (Å²) in [7, 11) is 0. The first-order chi connectivity index (χ1) is 20.4. The van der Waals surface area contributed by atoms with Crippen LogP contribution >= 0.6 is 0 Å². The van der Waals surface area contributed by atoms with Crippen molar-refractivity contribution >= 4 is 18.0 Å². The number of likely N-dealkylation sites (tertiary alicyclic amines) is 1. The van der Waals surface area contributed by atoms with Crippen LogP contribution in [0.3, 0.4) is 0 Å². The standard InChI is InChI=1S/C33H35F3N2O5/c1-4-16-37-17-15-31-28-22-10-11-25(42-20(3)39)29(28)43-30(31)24(13-14-32(31,41)26(37)19-22)38(5-2)27(40)12-9-21-7-6-8-23(18-21)33(34,35)36/h4,6-12,18,24,26,30,41H,1,5,13-17,19H2,2-3H3/b12-9+/t24?,26-,30?,31+,32-/m1/s1. The van der Waals surface area contributed by atoms with Crippen molar-refractivity contribution in [2.75, 3.05) is 19.6 Å². The number of amides is 1. The first-order valence-electron chi connectivity index (χ1n) is 14.7. The van der Waals surface area contributed by atoms with Crippen molar-refractivity contribution in [3.63, 3.8) is 0 Å². The fourth-order valence-corrected chi connectivity index (χ4v) is 8.17. The smallest absolute Gasteiger partial charge is 0.416 e. The van der Waals surface area contributed by atoms with Gasteiger partial charge in [-0.3, -0.25) is 14.5 Å². The third-order valence-electron chi connectivity index (χ3n) is 9.80. The van der Waals surface area contributed by atoms with Gasteiger partial charge in [0.2, 0.25) is 5.91 Å². The predicted octanol–water partition coefficient (Wildman–Crippen LogP) is 4.90. The Morgan fingerprint density at radius 3 is 2.74 bits per heavy atom. The second-order valence-corrected chi connectivity index (χ2v) is 11.9. The maximum atomic E-state index is 13.7. The van der Waals surface area contributed by atoms with Crippen LogP contribution in [0.5, 0.6) is 11.5 Å². The number of rotatable bonds is 7. The molecule has 1 amide bonds. The summed E-state index contributed by atoms with van der Waals surface area (Å²) in [5.41, 5.74) is -0.626. The van der Waals surface area contributed by atoms with Gasteiger partial charge in [-0.15, -0.1) is 6.58 Å². The van der Waals surface area contributed by atoms with Crippen molar-refractivity contribution in [3.8, 4) is 11.5 Å². The molecule has 0 radical (unpaired) electrons. The Bertz CT molecular complexity index is 1510. The van der Waals surface area contributed by atoms with Crippen LogP contribution < -0.4 is 9.47 Å². The number of halogens is 3. The fraction of sp³-hybridized carbons (Fsp3) is 0.455. The Hall–Kier alpha value is -3.63. The first-order valence-corrected chi connectivity index (χ1v) is 14.7. The predicted molar refractivity (Wildman–Crippen MR) is 154 cm³/mol. The topological polar surface area (TPSA) is 79.3 Å². The van der Waals surface area contributed by atoms with Gasteiger partial charge in [0.05, 0.1) is 22.6 Å². The van der Waals surface area contributed by atoms with E-state index in [9.17, 15) is 27.9 Å². The third kappa shape index (κ3) is 4.49. The number of piperidine rings is 1. The van der Waals surface area contributed by atoms with Crippen LogP contribution in [0.2, 0.25) is 0 Å². The van der Waals surface area contributed by atoms with Crippen molar-refractivity contribution in [2.45, 2.75) is 74.9 Å². The molecule has 7 nitrogen and oxygen atoms in total. The van der Waals surface area contributed by atoms with Crippen LogP contribution in [-0.4, -0.2) is 70.2 Å². The quantitative estimate of drug-likeness (QED) is 0.212. The molecule has 1 saturated carbocycles.